The maximum absolute atomic E-state index is 5.81. The van der Waals surface area contributed by atoms with E-state index in [0.717, 1.165) is 46.3 Å². The molecule has 146 valence electrons. The van der Waals surface area contributed by atoms with E-state index in [1.165, 1.54) is 11.3 Å². The monoisotopic (exact) mass is 395 g/mol. The van der Waals surface area contributed by atoms with Crippen LogP contribution in [0.3, 0.4) is 0 Å². The van der Waals surface area contributed by atoms with E-state index in [1.54, 1.807) is 6.21 Å². The molecule has 0 unspecified atom stereocenters. The summed E-state index contributed by atoms with van der Waals surface area (Å²) >= 11 is 1.52. The predicted molar refractivity (Wildman–Crippen MR) is 117 cm³/mol. The normalized spacial score (nSPS) is 10.9. The van der Waals surface area contributed by atoms with Crippen molar-refractivity contribution < 1.29 is 9.47 Å². The molecule has 0 saturated heterocycles. The first-order valence-electron chi connectivity index (χ1n) is 9.49. The van der Waals surface area contributed by atoms with E-state index in [1.807, 2.05) is 60.8 Å². The summed E-state index contributed by atoms with van der Waals surface area (Å²) in [6.45, 7) is 5.39. The van der Waals surface area contributed by atoms with Crippen LogP contribution in [0.2, 0.25) is 0 Å². The zero-order valence-electron chi connectivity index (χ0n) is 16.2. The number of ether oxygens (including phenoxy) is 2. The Morgan fingerprint density at radius 3 is 2.71 bits per heavy atom. The minimum Gasteiger partial charge on any atom is -0.490 e. The molecule has 5 nitrogen and oxygen atoms in total. The summed E-state index contributed by atoms with van der Waals surface area (Å²) < 4.78 is 11.5. The molecule has 0 bridgehead atoms. The molecule has 3 rings (SSSR count). The number of rotatable bonds is 10. The van der Waals surface area contributed by atoms with Crippen LogP contribution in [0.4, 0.5) is 5.13 Å². The molecule has 0 spiro atoms. The molecular weight excluding hydrogens is 370 g/mol. The van der Waals surface area contributed by atoms with Gasteiger partial charge in [0.25, 0.3) is 0 Å². The average molecular weight is 396 g/mol. The van der Waals surface area contributed by atoms with Gasteiger partial charge in [-0.25, -0.2) is 4.98 Å². The van der Waals surface area contributed by atoms with Crippen LogP contribution in [-0.4, -0.2) is 24.4 Å². The van der Waals surface area contributed by atoms with Gasteiger partial charge in [-0.1, -0.05) is 43.7 Å². The number of nitrogens with one attached hydrogen (secondary N) is 1. The molecule has 6 heteroatoms. The van der Waals surface area contributed by atoms with Crippen LogP contribution in [0.1, 0.15) is 32.3 Å². The molecule has 0 aliphatic carbocycles. The highest BCUT2D eigenvalue weighted by molar-refractivity contribution is 7.14. The van der Waals surface area contributed by atoms with Crippen molar-refractivity contribution in [1.82, 2.24) is 4.98 Å². The molecule has 0 amide bonds. The molecule has 0 fully saturated rings. The number of unbranched alkanes of at least 4 members (excludes halogenated alkanes) is 1. The summed E-state index contributed by atoms with van der Waals surface area (Å²) in [6.07, 6.45) is 3.88. The number of hydrogen-bond acceptors (Lipinski definition) is 6. The Hall–Kier alpha value is -2.86. The van der Waals surface area contributed by atoms with Gasteiger partial charge in [-0.05, 0) is 37.1 Å². The minimum absolute atomic E-state index is 0.588. The van der Waals surface area contributed by atoms with Gasteiger partial charge in [-0.3, -0.25) is 5.43 Å². The van der Waals surface area contributed by atoms with Crippen molar-refractivity contribution in [3.05, 3.63) is 59.5 Å². The summed E-state index contributed by atoms with van der Waals surface area (Å²) in [4.78, 5) is 4.56. The molecule has 28 heavy (non-hydrogen) atoms. The topological polar surface area (TPSA) is 55.7 Å². The number of benzene rings is 2. The fraction of sp³-hybridized carbons (Fsp3) is 0.273. The Morgan fingerprint density at radius 1 is 1.07 bits per heavy atom. The van der Waals surface area contributed by atoms with E-state index in [9.17, 15) is 0 Å². The van der Waals surface area contributed by atoms with Gasteiger partial charge >= 0.3 is 0 Å². The minimum atomic E-state index is 0.588. The van der Waals surface area contributed by atoms with Gasteiger partial charge in [0.2, 0.25) is 5.13 Å². The molecule has 1 heterocycles. The molecule has 1 aromatic heterocycles. The van der Waals surface area contributed by atoms with Gasteiger partial charge in [-0.15, -0.1) is 11.3 Å². The van der Waals surface area contributed by atoms with Gasteiger partial charge in [0.05, 0.1) is 25.1 Å². The highest BCUT2D eigenvalue weighted by Gasteiger charge is 2.06. The standard InChI is InChI=1S/C22H25N3O2S/c1-3-5-13-27-20-12-11-17(14-21(20)26-4-2)15-23-25-22-24-19(16-28-22)18-9-7-6-8-10-18/h6-12,14-16H,3-5,13H2,1-2H3,(H,24,25). The zero-order valence-corrected chi connectivity index (χ0v) is 17.0. The Kier molecular flexibility index (Phi) is 7.44. The van der Waals surface area contributed by atoms with Crippen LogP contribution >= 0.6 is 11.3 Å². The Labute approximate surface area is 170 Å². The predicted octanol–water partition coefficient (Wildman–Crippen LogP) is 5.83. The number of hydrazone groups is 1. The van der Waals surface area contributed by atoms with Crippen molar-refractivity contribution in [3.8, 4) is 22.8 Å². The lowest BCUT2D eigenvalue weighted by molar-refractivity contribution is 0.272. The van der Waals surface area contributed by atoms with E-state index in [-0.39, 0.29) is 0 Å². The van der Waals surface area contributed by atoms with Crippen molar-refractivity contribution in [2.45, 2.75) is 26.7 Å². The van der Waals surface area contributed by atoms with Crippen molar-refractivity contribution >= 4 is 22.7 Å². The van der Waals surface area contributed by atoms with E-state index >= 15 is 0 Å². The highest BCUT2D eigenvalue weighted by atomic mass is 32.1. The van der Waals surface area contributed by atoms with E-state index in [0.29, 0.717) is 13.2 Å². The number of anilines is 1. The van der Waals surface area contributed by atoms with Crippen molar-refractivity contribution in [1.29, 1.82) is 0 Å². The van der Waals surface area contributed by atoms with Crippen LogP contribution in [-0.2, 0) is 0 Å². The van der Waals surface area contributed by atoms with Crippen molar-refractivity contribution in [2.24, 2.45) is 5.10 Å². The van der Waals surface area contributed by atoms with Gasteiger partial charge < -0.3 is 9.47 Å². The average Bonchev–Trinajstić information content (AvgIpc) is 3.19. The SMILES string of the molecule is CCCCOc1ccc(C=NNc2nc(-c3ccccc3)cs2)cc1OCC. The lowest BCUT2D eigenvalue weighted by Crippen LogP contribution is -2.01. The van der Waals surface area contributed by atoms with E-state index in [2.05, 4.69) is 22.4 Å². The first-order valence-corrected chi connectivity index (χ1v) is 10.4. The van der Waals surface area contributed by atoms with Crippen LogP contribution in [0.5, 0.6) is 11.5 Å². The molecule has 0 aliphatic rings. The Morgan fingerprint density at radius 2 is 1.93 bits per heavy atom. The van der Waals surface area contributed by atoms with Gasteiger partial charge in [-0.2, -0.15) is 5.10 Å². The summed E-state index contributed by atoms with van der Waals surface area (Å²) in [7, 11) is 0. The number of nitrogens with zero attached hydrogens (tertiary/aromatic N) is 2. The lowest BCUT2D eigenvalue weighted by atomic mass is 10.2. The largest absolute Gasteiger partial charge is 0.490 e. The second-order valence-corrected chi connectivity index (χ2v) is 6.97. The van der Waals surface area contributed by atoms with Crippen LogP contribution in [0.15, 0.2) is 59.0 Å². The fourth-order valence-electron chi connectivity index (χ4n) is 2.55. The third-order valence-electron chi connectivity index (χ3n) is 3.97. The molecule has 0 aliphatic heterocycles. The first kappa shape index (κ1) is 19.9. The number of thiazole rings is 1. The molecular formula is C22H25N3O2S. The van der Waals surface area contributed by atoms with Crippen molar-refractivity contribution in [2.75, 3.05) is 18.6 Å². The summed E-state index contributed by atoms with van der Waals surface area (Å²) in [5.41, 5.74) is 5.96. The van der Waals surface area contributed by atoms with Crippen LogP contribution in [0.25, 0.3) is 11.3 Å². The maximum Gasteiger partial charge on any atom is 0.203 e. The lowest BCUT2D eigenvalue weighted by Gasteiger charge is -2.12. The van der Waals surface area contributed by atoms with Crippen LogP contribution < -0.4 is 14.9 Å². The zero-order chi connectivity index (χ0) is 19.6. The maximum atomic E-state index is 5.81. The summed E-state index contributed by atoms with van der Waals surface area (Å²) in [5.74, 6) is 1.51. The third kappa shape index (κ3) is 5.57. The molecule has 2 aromatic carbocycles. The third-order valence-corrected chi connectivity index (χ3v) is 4.72. The van der Waals surface area contributed by atoms with Crippen molar-refractivity contribution in [3.63, 3.8) is 0 Å². The van der Waals surface area contributed by atoms with E-state index < -0.39 is 0 Å². The molecule has 3 aromatic rings. The second-order valence-electron chi connectivity index (χ2n) is 6.12. The van der Waals surface area contributed by atoms with E-state index in [4.69, 9.17) is 9.47 Å². The number of hydrogen-bond donors (Lipinski definition) is 1. The molecule has 0 radical (unpaired) electrons. The number of aromatic nitrogens is 1. The molecule has 0 saturated carbocycles. The summed E-state index contributed by atoms with van der Waals surface area (Å²) in [6, 6.07) is 15.9. The Balaban J connectivity index is 1.63. The Bertz CT molecular complexity index is 894. The van der Waals surface area contributed by atoms with Gasteiger partial charge in [0.15, 0.2) is 11.5 Å². The molecule has 1 N–H and O–H groups in total. The molecule has 0 atom stereocenters. The van der Waals surface area contributed by atoms with Crippen LogP contribution in [0, 0.1) is 0 Å². The fourth-order valence-corrected chi connectivity index (χ4v) is 3.22. The smallest absolute Gasteiger partial charge is 0.203 e. The van der Waals surface area contributed by atoms with Gasteiger partial charge in [0, 0.05) is 10.9 Å². The first-order chi connectivity index (χ1) is 13.8. The van der Waals surface area contributed by atoms with Gasteiger partial charge in [0.1, 0.15) is 0 Å². The highest BCUT2D eigenvalue weighted by Crippen LogP contribution is 2.28. The second kappa shape index (κ2) is 10.5. The summed E-state index contributed by atoms with van der Waals surface area (Å²) in [5, 5.41) is 7.07. The quantitative estimate of drug-likeness (QED) is 0.266.